The lowest BCUT2D eigenvalue weighted by Crippen LogP contribution is -2.50. The first kappa shape index (κ1) is 15.4. The van der Waals surface area contributed by atoms with E-state index >= 15 is 0 Å². The largest absolute Gasteiger partial charge is 0.465 e. The number of aryl methyl sites for hydroxylation is 1. The Bertz CT molecular complexity index is 528. The van der Waals surface area contributed by atoms with E-state index in [1.807, 2.05) is 37.8 Å². The Hall–Kier alpha value is -1.53. The second kappa shape index (κ2) is 6.30. The van der Waals surface area contributed by atoms with E-state index in [0.29, 0.717) is 19.7 Å². The maximum Gasteiger partial charge on any atom is 0.317 e. The number of nitrogens with one attached hydrogen (secondary N) is 1. The molecule has 0 saturated carbocycles. The topological polar surface area (TPSA) is 58.0 Å². The fourth-order valence-corrected chi connectivity index (χ4v) is 3.23. The van der Waals surface area contributed by atoms with Gasteiger partial charge in [-0.15, -0.1) is 0 Å². The molecule has 0 spiro atoms. The van der Waals surface area contributed by atoms with Gasteiger partial charge in [0, 0.05) is 19.1 Å². The molecule has 0 aromatic carbocycles. The molecule has 2 aliphatic heterocycles. The van der Waals surface area contributed by atoms with Crippen LogP contribution in [-0.4, -0.2) is 60.3 Å². The Morgan fingerprint density at radius 1 is 1.41 bits per heavy atom. The van der Waals surface area contributed by atoms with Crippen molar-refractivity contribution < 1.29 is 13.9 Å². The van der Waals surface area contributed by atoms with Crippen LogP contribution in [0.5, 0.6) is 0 Å². The van der Waals surface area contributed by atoms with Crippen LogP contribution >= 0.6 is 0 Å². The zero-order valence-corrected chi connectivity index (χ0v) is 13.5. The summed E-state index contributed by atoms with van der Waals surface area (Å²) in [5, 5.41) is 2.96. The highest BCUT2D eigenvalue weighted by atomic mass is 16.5. The molecule has 6 heteroatoms. The van der Waals surface area contributed by atoms with Crippen LogP contribution in [0.25, 0.3) is 0 Å². The van der Waals surface area contributed by atoms with Gasteiger partial charge in [-0.2, -0.15) is 0 Å². The minimum Gasteiger partial charge on any atom is -0.465 e. The minimum absolute atomic E-state index is 0.00166. The van der Waals surface area contributed by atoms with Crippen LogP contribution in [0.3, 0.4) is 0 Å². The molecule has 22 heavy (non-hydrogen) atoms. The molecule has 1 aromatic rings. The van der Waals surface area contributed by atoms with Gasteiger partial charge in [-0.1, -0.05) is 0 Å². The lowest BCUT2D eigenvalue weighted by Gasteiger charge is -2.36. The predicted octanol–water partition coefficient (Wildman–Crippen LogP) is 1.59. The van der Waals surface area contributed by atoms with Gasteiger partial charge in [0.25, 0.3) is 0 Å². The van der Waals surface area contributed by atoms with Crippen molar-refractivity contribution in [2.24, 2.45) is 0 Å². The maximum atomic E-state index is 12.2. The van der Waals surface area contributed by atoms with Crippen LogP contribution in [0.15, 0.2) is 16.5 Å². The standard InChI is InChI=1S/C16H25N3O3/c1-11(2)17-16(20)19-9-14-15(10-19)21-7-6-18(14)8-13-5-4-12(3)22-13/h4-5,11,14-15H,6-10H2,1-3H3,(H,17,20)/t14-,15+/m0/s1. The second-order valence-corrected chi connectivity index (χ2v) is 6.47. The van der Waals surface area contributed by atoms with Crippen molar-refractivity contribution in [3.05, 3.63) is 23.7 Å². The number of carbonyl (C=O) groups is 1. The first-order valence-corrected chi connectivity index (χ1v) is 7.99. The van der Waals surface area contributed by atoms with Crippen molar-refractivity contribution in [3.63, 3.8) is 0 Å². The average molecular weight is 307 g/mol. The third kappa shape index (κ3) is 3.28. The predicted molar refractivity (Wildman–Crippen MR) is 82.6 cm³/mol. The Labute approximate surface area is 131 Å². The number of rotatable bonds is 3. The van der Waals surface area contributed by atoms with Gasteiger partial charge in [-0.25, -0.2) is 4.79 Å². The van der Waals surface area contributed by atoms with Crippen LogP contribution in [0.4, 0.5) is 4.79 Å². The van der Waals surface area contributed by atoms with E-state index < -0.39 is 0 Å². The van der Waals surface area contributed by atoms with Crippen molar-refractivity contribution in [2.75, 3.05) is 26.2 Å². The molecule has 2 atom stereocenters. The van der Waals surface area contributed by atoms with Gasteiger partial charge in [-0.3, -0.25) is 4.90 Å². The van der Waals surface area contributed by atoms with Crippen LogP contribution in [0.1, 0.15) is 25.4 Å². The van der Waals surface area contributed by atoms with Crippen LogP contribution in [0, 0.1) is 6.92 Å². The van der Waals surface area contributed by atoms with E-state index in [2.05, 4.69) is 10.2 Å². The maximum absolute atomic E-state index is 12.2. The summed E-state index contributed by atoms with van der Waals surface area (Å²) in [5.41, 5.74) is 0. The van der Waals surface area contributed by atoms with Gasteiger partial charge in [0.15, 0.2) is 0 Å². The average Bonchev–Trinajstić information content (AvgIpc) is 3.05. The molecule has 122 valence electrons. The smallest absolute Gasteiger partial charge is 0.317 e. The number of nitrogens with zero attached hydrogens (tertiary/aromatic N) is 2. The number of hydrogen-bond acceptors (Lipinski definition) is 4. The van der Waals surface area contributed by atoms with Gasteiger partial charge in [-0.05, 0) is 32.9 Å². The van der Waals surface area contributed by atoms with Crippen LogP contribution < -0.4 is 5.32 Å². The quantitative estimate of drug-likeness (QED) is 0.921. The number of furan rings is 1. The van der Waals surface area contributed by atoms with Crippen molar-refractivity contribution in [2.45, 2.75) is 45.5 Å². The van der Waals surface area contributed by atoms with E-state index in [1.165, 1.54) is 0 Å². The Morgan fingerprint density at radius 3 is 2.91 bits per heavy atom. The van der Waals surface area contributed by atoms with Gasteiger partial charge < -0.3 is 19.4 Å². The molecule has 1 N–H and O–H groups in total. The Balaban J connectivity index is 1.64. The molecule has 0 unspecified atom stereocenters. The summed E-state index contributed by atoms with van der Waals surface area (Å²) in [5.74, 6) is 1.91. The monoisotopic (exact) mass is 307 g/mol. The summed E-state index contributed by atoms with van der Waals surface area (Å²) >= 11 is 0. The molecule has 2 saturated heterocycles. The summed E-state index contributed by atoms with van der Waals surface area (Å²) in [6.45, 7) is 9.64. The summed E-state index contributed by atoms with van der Waals surface area (Å²) in [6.07, 6.45) is 0.0997. The Kier molecular flexibility index (Phi) is 4.40. The number of morpholine rings is 1. The number of carbonyl (C=O) groups excluding carboxylic acids is 1. The van der Waals surface area contributed by atoms with Gasteiger partial charge in [0.05, 0.1) is 31.8 Å². The summed E-state index contributed by atoms with van der Waals surface area (Å²) < 4.78 is 11.6. The molecule has 0 radical (unpaired) electrons. The molecule has 0 bridgehead atoms. The molecule has 3 heterocycles. The van der Waals surface area contributed by atoms with E-state index in [9.17, 15) is 4.79 Å². The zero-order valence-electron chi connectivity index (χ0n) is 13.5. The molecular weight excluding hydrogens is 282 g/mol. The van der Waals surface area contributed by atoms with Gasteiger partial charge in [0.2, 0.25) is 0 Å². The molecule has 3 rings (SSSR count). The summed E-state index contributed by atoms with van der Waals surface area (Å²) in [4.78, 5) is 16.4. The van der Waals surface area contributed by atoms with E-state index in [1.54, 1.807) is 0 Å². The number of ether oxygens (including phenoxy) is 1. The first-order valence-electron chi connectivity index (χ1n) is 7.99. The number of fused-ring (bicyclic) bond motifs is 1. The molecular formula is C16H25N3O3. The van der Waals surface area contributed by atoms with Crippen molar-refractivity contribution in [3.8, 4) is 0 Å². The minimum atomic E-state index is 0.00166. The molecule has 2 amide bonds. The number of hydrogen-bond donors (Lipinski definition) is 1. The molecule has 2 fully saturated rings. The van der Waals surface area contributed by atoms with E-state index in [-0.39, 0.29) is 24.2 Å². The summed E-state index contributed by atoms with van der Waals surface area (Å²) in [7, 11) is 0. The number of likely N-dealkylation sites (tertiary alicyclic amines) is 1. The van der Waals surface area contributed by atoms with Crippen molar-refractivity contribution >= 4 is 6.03 Å². The molecule has 6 nitrogen and oxygen atoms in total. The number of amides is 2. The normalized spacial score (nSPS) is 25.5. The summed E-state index contributed by atoms with van der Waals surface area (Å²) in [6, 6.07) is 4.42. The molecule has 0 aliphatic carbocycles. The third-order valence-electron chi connectivity index (χ3n) is 4.27. The SMILES string of the molecule is Cc1ccc(CN2CCO[C@@H]3CN(C(=O)NC(C)C)C[C@@H]32)o1. The van der Waals surface area contributed by atoms with Crippen molar-refractivity contribution in [1.29, 1.82) is 0 Å². The third-order valence-corrected chi connectivity index (χ3v) is 4.27. The van der Waals surface area contributed by atoms with Gasteiger partial charge in [0.1, 0.15) is 11.5 Å². The highest BCUT2D eigenvalue weighted by Crippen LogP contribution is 2.25. The molecule has 1 aromatic heterocycles. The highest BCUT2D eigenvalue weighted by molar-refractivity contribution is 5.75. The van der Waals surface area contributed by atoms with Crippen LogP contribution in [-0.2, 0) is 11.3 Å². The fraction of sp³-hybridized carbons (Fsp3) is 0.688. The van der Waals surface area contributed by atoms with E-state index in [0.717, 1.165) is 24.6 Å². The Morgan fingerprint density at radius 2 is 2.23 bits per heavy atom. The highest BCUT2D eigenvalue weighted by Gasteiger charge is 2.42. The number of urea groups is 1. The van der Waals surface area contributed by atoms with Gasteiger partial charge >= 0.3 is 6.03 Å². The first-order chi connectivity index (χ1) is 10.5. The lowest BCUT2D eigenvalue weighted by molar-refractivity contribution is -0.0522. The fourth-order valence-electron chi connectivity index (χ4n) is 3.23. The zero-order chi connectivity index (χ0) is 15.7. The van der Waals surface area contributed by atoms with Crippen LogP contribution in [0.2, 0.25) is 0 Å². The van der Waals surface area contributed by atoms with E-state index in [4.69, 9.17) is 9.15 Å². The lowest BCUT2D eigenvalue weighted by atomic mass is 10.1. The molecule has 2 aliphatic rings. The van der Waals surface area contributed by atoms with Crippen molar-refractivity contribution in [1.82, 2.24) is 15.1 Å². The second-order valence-electron chi connectivity index (χ2n) is 6.47.